The van der Waals surface area contributed by atoms with Gasteiger partial charge in [0.05, 0.1) is 52.6 Å². The number of amides is 3. The van der Waals surface area contributed by atoms with Crippen molar-refractivity contribution in [2.75, 3.05) is 36.6 Å². The number of aliphatic hydroxyl groups excluding tert-OH is 1. The highest BCUT2D eigenvalue weighted by Gasteiger charge is 2.66. The molecule has 9 nitrogen and oxygen atoms in total. The first-order valence-electron chi connectivity index (χ1n) is 18.2. The minimum atomic E-state index is -2.44. The molecule has 4 aliphatic heterocycles. The molecule has 3 aromatic carbocycles. The second-order valence-corrected chi connectivity index (χ2v) is 20.8. The third kappa shape index (κ3) is 6.23. The topological polar surface area (TPSA) is 99.6 Å². The number of aliphatic hydroxyl groups is 1. The largest absolute Gasteiger partial charge is 0.497 e. The van der Waals surface area contributed by atoms with Gasteiger partial charge < -0.3 is 29.3 Å². The number of hydrogen-bond donors (Lipinski definition) is 1. The van der Waals surface area contributed by atoms with Crippen molar-refractivity contribution < 1.29 is 29.0 Å². The molecule has 7 rings (SSSR count). The average molecular weight is 775 g/mol. The Morgan fingerprint density at radius 1 is 1.02 bits per heavy atom. The zero-order valence-electron chi connectivity index (χ0n) is 29.9. The number of benzene rings is 3. The molecular formula is C40H48BrN3O6Si. The number of halogens is 1. The maximum atomic E-state index is 15.2. The number of piperidine rings is 1. The Morgan fingerprint density at radius 3 is 2.45 bits per heavy atom. The lowest BCUT2D eigenvalue weighted by molar-refractivity contribution is -0.150. The van der Waals surface area contributed by atoms with E-state index in [4.69, 9.17) is 9.47 Å². The normalized spacial score (nSPS) is 26.4. The molecule has 0 radical (unpaired) electrons. The van der Waals surface area contributed by atoms with Crippen molar-refractivity contribution in [3.8, 4) is 5.75 Å². The van der Waals surface area contributed by atoms with E-state index in [1.165, 1.54) is 5.19 Å². The van der Waals surface area contributed by atoms with Gasteiger partial charge in [-0.05, 0) is 79.3 Å². The third-order valence-electron chi connectivity index (χ3n) is 12.0. The van der Waals surface area contributed by atoms with Gasteiger partial charge in [0.1, 0.15) is 5.75 Å². The van der Waals surface area contributed by atoms with E-state index in [9.17, 15) is 14.7 Å². The Kier molecular flexibility index (Phi) is 9.94. The van der Waals surface area contributed by atoms with Crippen molar-refractivity contribution in [3.05, 3.63) is 82.3 Å². The van der Waals surface area contributed by atoms with Crippen molar-refractivity contribution in [3.63, 3.8) is 0 Å². The molecule has 270 valence electrons. The van der Waals surface area contributed by atoms with Crippen molar-refractivity contribution in [1.29, 1.82) is 0 Å². The van der Waals surface area contributed by atoms with E-state index in [-0.39, 0.29) is 48.3 Å². The number of carbonyl (C=O) groups is 3. The van der Waals surface area contributed by atoms with E-state index in [0.717, 1.165) is 65.0 Å². The van der Waals surface area contributed by atoms with Gasteiger partial charge in [0, 0.05) is 41.2 Å². The second kappa shape index (κ2) is 14.1. The average Bonchev–Trinajstić information content (AvgIpc) is 3.79. The second-order valence-electron chi connectivity index (χ2n) is 15.1. The van der Waals surface area contributed by atoms with Crippen LogP contribution < -0.4 is 19.7 Å². The maximum absolute atomic E-state index is 15.2. The van der Waals surface area contributed by atoms with Crippen LogP contribution in [0.25, 0.3) is 0 Å². The molecule has 0 saturated carbocycles. The van der Waals surface area contributed by atoms with Gasteiger partial charge in [0.15, 0.2) is 5.60 Å². The molecule has 1 N–H and O–H groups in total. The van der Waals surface area contributed by atoms with Crippen molar-refractivity contribution in [1.82, 2.24) is 4.90 Å². The van der Waals surface area contributed by atoms with Crippen LogP contribution in [0.1, 0.15) is 56.6 Å². The quantitative estimate of drug-likeness (QED) is 0.264. The number of ether oxygens (including phenoxy) is 2. The summed E-state index contributed by atoms with van der Waals surface area (Å²) in [6, 6.07) is 21.9. The highest BCUT2D eigenvalue weighted by molar-refractivity contribution is 9.10. The summed E-state index contributed by atoms with van der Waals surface area (Å²) < 4.78 is 13.5. The molecule has 4 aliphatic rings. The Bertz CT molecular complexity index is 1800. The monoisotopic (exact) mass is 773 g/mol. The van der Waals surface area contributed by atoms with E-state index in [1.807, 2.05) is 69.3 Å². The molecule has 3 fully saturated rings. The zero-order valence-corrected chi connectivity index (χ0v) is 32.5. The molecule has 11 heteroatoms. The molecule has 0 aromatic heterocycles. The van der Waals surface area contributed by atoms with Crippen LogP contribution in [0.5, 0.6) is 5.75 Å². The Balaban J connectivity index is 1.25. The standard InChI is InChI=1S/C40H48BrN3O6Si/c1-26-38(51(3,4)32-17-15-31(49-2)16-18-32)35(23-37(47)43-21-7-8-30(43)25-45)50-40(26)33-22-28(41)12-19-34(33)44(39(40)48)24-27-10-13-29(14-11-27)42-20-6-5-9-36(42)46/h10-19,22,26,30,35,38,45H,5-9,20-21,23-25H2,1-4H3/t26-,30-,35+,38-,40+/m0/s1. The number of likely N-dealkylation sites (tertiary alicyclic amines) is 1. The van der Waals surface area contributed by atoms with Crippen LogP contribution in [0.2, 0.25) is 18.6 Å². The number of fused-ring (bicyclic) bond motifs is 2. The first-order chi connectivity index (χ1) is 24.5. The Labute approximate surface area is 310 Å². The van der Waals surface area contributed by atoms with Crippen LogP contribution in [-0.2, 0) is 31.3 Å². The van der Waals surface area contributed by atoms with Gasteiger partial charge in [-0.1, -0.05) is 65.4 Å². The fourth-order valence-electron chi connectivity index (χ4n) is 9.33. The molecule has 0 aliphatic carbocycles. The number of hydrogen-bond acceptors (Lipinski definition) is 6. The Hall–Kier alpha value is -3.51. The smallest absolute Gasteiger partial charge is 0.264 e. The van der Waals surface area contributed by atoms with Crippen LogP contribution in [-0.4, -0.2) is 74.8 Å². The summed E-state index contributed by atoms with van der Waals surface area (Å²) in [6.45, 7) is 8.40. The van der Waals surface area contributed by atoms with Crippen LogP contribution in [0, 0.1) is 5.92 Å². The van der Waals surface area contributed by atoms with Gasteiger partial charge in [0.2, 0.25) is 11.8 Å². The van der Waals surface area contributed by atoms with Gasteiger partial charge in [0.25, 0.3) is 5.91 Å². The fraction of sp³-hybridized carbons (Fsp3) is 0.475. The summed E-state index contributed by atoms with van der Waals surface area (Å²) in [7, 11) is -0.780. The van der Waals surface area contributed by atoms with Gasteiger partial charge in [-0.2, -0.15) is 0 Å². The molecule has 1 spiro atoms. The molecule has 3 aromatic rings. The van der Waals surface area contributed by atoms with E-state index in [1.54, 1.807) is 7.11 Å². The number of nitrogens with zero attached hydrogens (tertiary/aromatic N) is 3. The molecule has 0 unspecified atom stereocenters. The van der Waals surface area contributed by atoms with E-state index in [2.05, 4.69) is 48.1 Å². The summed E-state index contributed by atoms with van der Waals surface area (Å²) in [6.07, 6.45) is 3.78. The molecular weight excluding hydrogens is 726 g/mol. The lowest BCUT2D eigenvalue weighted by atomic mass is 9.82. The number of carbonyl (C=O) groups excluding carboxylic acids is 3. The molecule has 3 amide bonds. The van der Waals surface area contributed by atoms with Crippen LogP contribution in [0.4, 0.5) is 11.4 Å². The number of rotatable bonds is 9. The van der Waals surface area contributed by atoms with Gasteiger partial charge in [-0.25, -0.2) is 0 Å². The van der Waals surface area contributed by atoms with E-state index < -0.39 is 19.8 Å². The lowest BCUT2D eigenvalue weighted by Crippen LogP contribution is -2.52. The van der Waals surface area contributed by atoms with Crippen LogP contribution in [0.15, 0.2) is 71.2 Å². The first-order valence-corrected chi connectivity index (χ1v) is 22.1. The predicted molar refractivity (Wildman–Crippen MR) is 204 cm³/mol. The molecule has 5 atom stereocenters. The minimum Gasteiger partial charge on any atom is -0.497 e. The van der Waals surface area contributed by atoms with Crippen LogP contribution in [0.3, 0.4) is 0 Å². The molecule has 4 heterocycles. The van der Waals surface area contributed by atoms with Gasteiger partial charge in [-0.15, -0.1) is 0 Å². The summed E-state index contributed by atoms with van der Waals surface area (Å²) >= 11 is 3.69. The first kappa shape index (κ1) is 35.9. The van der Waals surface area contributed by atoms with Gasteiger partial charge >= 0.3 is 0 Å². The molecule has 51 heavy (non-hydrogen) atoms. The fourth-order valence-corrected chi connectivity index (χ4v) is 13.7. The van der Waals surface area contributed by atoms with E-state index in [0.29, 0.717) is 19.5 Å². The number of methoxy groups -OCH3 is 1. The zero-order chi connectivity index (χ0) is 36.1. The van der Waals surface area contributed by atoms with Gasteiger partial charge in [-0.3, -0.25) is 14.4 Å². The highest BCUT2D eigenvalue weighted by atomic mass is 79.9. The summed E-state index contributed by atoms with van der Waals surface area (Å²) in [5.41, 5.74) is 2.09. The minimum absolute atomic E-state index is 0.0330. The molecule has 0 bridgehead atoms. The van der Waals surface area contributed by atoms with Crippen molar-refractivity contribution >= 4 is 58.3 Å². The third-order valence-corrected chi connectivity index (χ3v) is 16.8. The SMILES string of the molecule is COc1ccc([Si](C)(C)[C@@H]2[C@@H](CC(=O)N3CCC[C@H]3CO)O[C@]3(C(=O)N(Cc4ccc(N5CCCCC5=O)cc4)c4ccc(Br)cc43)[C@H]2C)cc1. The Morgan fingerprint density at radius 2 is 1.76 bits per heavy atom. The van der Waals surface area contributed by atoms with Crippen LogP contribution >= 0.6 is 15.9 Å². The summed E-state index contributed by atoms with van der Waals surface area (Å²) in [5.74, 6) is 0.534. The maximum Gasteiger partial charge on any atom is 0.264 e. The van der Waals surface area contributed by atoms with Crippen molar-refractivity contribution in [2.45, 2.75) is 88.4 Å². The predicted octanol–water partition coefficient (Wildman–Crippen LogP) is 6.11. The highest BCUT2D eigenvalue weighted by Crippen LogP contribution is 2.60. The van der Waals surface area contributed by atoms with Crippen molar-refractivity contribution in [2.24, 2.45) is 5.92 Å². The lowest BCUT2D eigenvalue weighted by Gasteiger charge is -2.37. The summed E-state index contributed by atoms with van der Waals surface area (Å²) in [4.78, 5) is 47.3. The van der Waals surface area contributed by atoms with E-state index >= 15 is 4.79 Å². The number of anilines is 2. The molecule has 3 saturated heterocycles. The summed E-state index contributed by atoms with van der Waals surface area (Å²) in [5, 5.41) is 11.2.